The van der Waals surface area contributed by atoms with Crippen molar-refractivity contribution in [1.29, 1.82) is 0 Å². The second-order valence-electron chi connectivity index (χ2n) is 7.32. The highest BCUT2D eigenvalue weighted by Gasteiger charge is 2.67. The molecule has 0 heterocycles. The van der Waals surface area contributed by atoms with Gasteiger partial charge in [0.15, 0.2) is 0 Å². The standard InChI is InChI=1S/C18H29N/c1-8-19-15(16-17(4,5)18(16,6)7)14-10-9-12(2)11-13(14)3/h9-11,15-16,19H,8H2,1-7H3. The van der Waals surface area contributed by atoms with Gasteiger partial charge in [-0.25, -0.2) is 0 Å². The van der Waals surface area contributed by atoms with Crippen molar-refractivity contribution in [3.8, 4) is 0 Å². The highest BCUT2D eigenvalue weighted by Crippen LogP contribution is 2.72. The van der Waals surface area contributed by atoms with Gasteiger partial charge in [0, 0.05) is 6.04 Å². The predicted octanol–water partition coefficient (Wildman–Crippen LogP) is 4.64. The predicted molar refractivity (Wildman–Crippen MR) is 83.4 cm³/mol. The lowest BCUT2D eigenvalue weighted by atomic mass is 9.92. The van der Waals surface area contributed by atoms with E-state index in [1.54, 1.807) is 0 Å². The topological polar surface area (TPSA) is 12.0 Å². The molecule has 0 amide bonds. The van der Waals surface area contributed by atoms with E-state index in [1.165, 1.54) is 16.7 Å². The maximum atomic E-state index is 3.73. The van der Waals surface area contributed by atoms with Gasteiger partial charge in [0.25, 0.3) is 0 Å². The van der Waals surface area contributed by atoms with Gasteiger partial charge < -0.3 is 5.32 Å². The fourth-order valence-corrected chi connectivity index (χ4v) is 3.88. The number of benzene rings is 1. The molecule has 0 aromatic heterocycles. The van der Waals surface area contributed by atoms with Crippen LogP contribution in [0.3, 0.4) is 0 Å². The monoisotopic (exact) mass is 259 g/mol. The van der Waals surface area contributed by atoms with Crippen LogP contribution in [0, 0.1) is 30.6 Å². The molecule has 19 heavy (non-hydrogen) atoms. The SMILES string of the molecule is CCNC(c1ccc(C)cc1C)C1C(C)(C)C1(C)C. The van der Waals surface area contributed by atoms with Gasteiger partial charge in [-0.05, 0) is 48.3 Å². The maximum absolute atomic E-state index is 3.73. The van der Waals surface area contributed by atoms with E-state index in [0.29, 0.717) is 22.8 Å². The summed E-state index contributed by atoms with van der Waals surface area (Å²) in [6, 6.07) is 7.36. The molecule has 1 aliphatic carbocycles. The van der Waals surface area contributed by atoms with Crippen LogP contribution in [0.15, 0.2) is 18.2 Å². The first-order valence-corrected chi connectivity index (χ1v) is 7.54. The molecule has 1 N–H and O–H groups in total. The Balaban J connectivity index is 2.37. The Morgan fingerprint density at radius 1 is 1.11 bits per heavy atom. The summed E-state index contributed by atoms with van der Waals surface area (Å²) in [4.78, 5) is 0. The quantitative estimate of drug-likeness (QED) is 0.831. The minimum atomic E-state index is 0.414. The van der Waals surface area contributed by atoms with Crippen LogP contribution in [0.5, 0.6) is 0 Å². The summed E-state index contributed by atoms with van der Waals surface area (Å²) in [5.74, 6) is 0.710. The van der Waals surface area contributed by atoms with Gasteiger partial charge >= 0.3 is 0 Å². The highest BCUT2D eigenvalue weighted by molar-refractivity contribution is 5.36. The molecule has 1 aromatic rings. The van der Waals surface area contributed by atoms with Gasteiger partial charge in [-0.1, -0.05) is 58.4 Å². The molecule has 1 fully saturated rings. The van der Waals surface area contributed by atoms with Crippen molar-refractivity contribution < 1.29 is 0 Å². The average molecular weight is 259 g/mol. The third-order valence-corrected chi connectivity index (χ3v) is 5.65. The molecule has 1 aromatic carbocycles. The summed E-state index contributed by atoms with van der Waals surface area (Å²) in [7, 11) is 0. The van der Waals surface area contributed by atoms with Gasteiger partial charge in [0.1, 0.15) is 0 Å². The molecule has 1 saturated carbocycles. The van der Waals surface area contributed by atoms with Crippen LogP contribution in [-0.2, 0) is 0 Å². The lowest BCUT2D eigenvalue weighted by Crippen LogP contribution is -2.26. The van der Waals surface area contributed by atoms with E-state index in [0.717, 1.165) is 6.54 Å². The van der Waals surface area contributed by atoms with Gasteiger partial charge in [0.05, 0.1) is 0 Å². The first-order valence-electron chi connectivity index (χ1n) is 7.54. The molecule has 0 bridgehead atoms. The molecule has 2 rings (SSSR count). The van der Waals surface area contributed by atoms with E-state index in [9.17, 15) is 0 Å². The maximum Gasteiger partial charge on any atom is 0.0361 e. The molecular weight excluding hydrogens is 230 g/mol. The Kier molecular flexibility index (Phi) is 3.55. The fourth-order valence-electron chi connectivity index (χ4n) is 3.88. The van der Waals surface area contributed by atoms with E-state index in [-0.39, 0.29) is 0 Å². The third kappa shape index (κ3) is 2.23. The molecule has 1 unspecified atom stereocenters. The Labute approximate surface area is 118 Å². The Morgan fingerprint density at radius 3 is 2.11 bits per heavy atom. The van der Waals surface area contributed by atoms with Gasteiger partial charge in [-0.2, -0.15) is 0 Å². The Morgan fingerprint density at radius 2 is 1.68 bits per heavy atom. The molecule has 0 radical (unpaired) electrons. The smallest absolute Gasteiger partial charge is 0.0361 e. The van der Waals surface area contributed by atoms with Gasteiger partial charge in [-0.3, -0.25) is 0 Å². The van der Waals surface area contributed by atoms with Crippen molar-refractivity contribution in [3.05, 3.63) is 34.9 Å². The van der Waals surface area contributed by atoms with Crippen molar-refractivity contribution in [2.45, 2.75) is 54.5 Å². The van der Waals surface area contributed by atoms with Crippen molar-refractivity contribution in [3.63, 3.8) is 0 Å². The van der Waals surface area contributed by atoms with E-state index in [2.05, 4.69) is 72.0 Å². The first kappa shape index (κ1) is 14.6. The van der Waals surface area contributed by atoms with E-state index in [4.69, 9.17) is 0 Å². The van der Waals surface area contributed by atoms with Crippen LogP contribution >= 0.6 is 0 Å². The molecular formula is C18H29N. The van der Waals surface area contributed by atoms with Crippen molar-refractivity contribution >= 4 is 0 Å². The second kappa shape index (κ2) is 4.63. The third-order valence-electron chi connectivity index (χ3n) is 5.65. The van der Waals surface area contributed by atoms with E-state index in [1.807, 2.05) is 0 Å². The second-order valence-corrected chi connectivity index (χ2v) is 7.32. The minimum Gasteiger partial charge on any atom is -0.310 e. The van der Waals surface area contributed by atoms with Gasteiger partial charge in [0.2, 0.25) is 0 Å². The van der Waals surface area contributed by atoms with Crippen LogP contribution in [0.1, 0.15) is 57.4 Å². The number of hydrogen-bond acceptors (Lipinski definition) is 1. The molecule has 0 saturated heterocycles. The van der Waals surface area contributed by atoms with E-state index >= 15 is 0 Å². The number of rotatable bonds is 4. The van der Waals surface area contributed by atoms with Crippen molar-refractivity contribution in [1.82, 2.24) is 5.32 Å². The Bertz CT molecular complexity index is 457. The highest BCUT2D eigenvalue weighted by atomic mass is 15.0. The average Bonchev–Trinajstić information content (AvgIpc) is 2.67. The zero-order valence-electron chi connectivity index (χ0n) is 13.6. The number of hydrogen-bond donors (Lipinski definition) is 1. The molecule has 1 aliphatic rings. The van der Waals surface area contributed by atoms with Gasteiger partial charge in [-0.15, -0.1) is 0 Å². The zero-order chi connectivity index (χ0) is 14.4. The first-order chi connectivity index (χ1) is 8.73. The van der Waals surface area contributed by atoms with Crippen LogP contribution in [0.4, 0.5) is 0 Å². The van der Waals surface area contributed by atoms with Crippen LogP contribution < -0.4 is 5.32 Å². The van der Waals surface area contributed by atoms with Crippen LogP contribution in [0.2, 0.25) is 0 Å². The van der Waals surface area contributed by atoms with Crippen molar-refractivity contribution in [2.75, 3.05) is 6.54 Å². The number of aryl methyl sites for hydroxylation is 2. The summed E-state index contributed by atoms with van der Waals surface area (Å²) in [6.45, 7) is 17.3. The summed E-state index contributed by atoms with van der Waals surface area (Å²) < 4.78 is 0. The zero-order valence-corrected chi connectivity index (χ0v) is 13.6. The minimum absolute atomic E-state index is 0.414. The normalized spacial score (nSPS) is 22.3. The molecule has 1 atom stereocenters. The summed E-state index contributed by atoms with van der Waals surface area (Å²) in [5.41, 5.74) is 5.08. The van der Waals surface area contributed by atoms with Crippen molar-refractivity contribution in [2.24, 2.45) is 16.7 Å². The lowest BCUT2D eigenvalue weighted by molar-refractivity contribution is 0.417. The van der Waals surface area contributed by atoms with Crippen LogP contribution in [-0.4, -0.2) is 6.54 Å². The number of nitrogens with one attached hydrogen (secondary N) is 1. The largest absolute Gasteiger partial charge is 0.310 e. The fraction of sp³-hybridized carbons (Fsp3) is 0.667. The Hall–Kier alpha value is -0.820. The van der Waals surface area contributed by atoms with Crippen LogP contribution in [0.25, 0.3) is 0 Å². The molecule has 1 heteroatoms. The molecule has 0 spiro atoms. The molecule has 0 aliphatic heterocycles. The summed E-state index contributed by atoms with van der Waals surface area (Å²) in [5, 5.41) is 3.73. The molecule has 1 nitrogen and oxygen atoms in total. The summed E-state index contributed by atoms with van der Waals surface area (Å²) in [6.07, 6.45) is 0. The lowest BCUT2D eigenvalue weighted by Gasteiger charge is -2.23. The summed E-state index contributed by atoms with van der Waals surface area (Å²) >= 11 is 0. The molecule has 106 valence electrons. The van der Waals surface area contributed by atoms with E-state index < -0.39 is 0 Å².